The van der Waals surface area contributed by atoms with Crippen molar-refractivity contribution in [2.75, 3.05) is 39.6 Å². The zero-order valence-corrected chi connectivity index (χ0v) is 53.7. The predicted octanol–water partition coefficient (Wildman–Crippen LogP) is 17.0. The first-order valence-corrected chi connectivity index (χ1v) is 35.6. The van der Waals surface area contributed by atoms with Crippen molar-refractivity contribution >= 4 is 39.5 Å². The molecule has 0 saturated heterocycles. The van der Waals surface area contributed by atoms with Crippen LogP contribution in [0.25, 0.3) is 0 Å². The third-order valence-electron chi connectivity index (χ3n) is 14.3. The number of carbonyl (C=O) groups is 4. The Morgan fingerprint density at radius 2 is 0.568 bits per heavy atom. The molecule has 0 aliphatic rings. The van der Waals surface area contributed by atoms with E-state index in [0.29, 0.717) is 25.7 Å². The molecule has 0 radical (unpaired) electrons. The lowest BCUT2D eigenvalue weighted by atomic mass is 10.0. The lowest BCUT2D eigenvalue weighted by Gasteiger charge is -2.21. The van der Waals surface area contributed by atoms with E-state index >= 15 is 0 Å². The molecule has 0 heterocycles. The van der Waals surface area contributed by atoms with E-state index in [0.717, 1.165) is 95.8 Å². The number of unbranched alkanes of at least 4 members (excludes halogenated alkanes) is 34. The van der Waals surface area contributed by atoms with Crippen molar-refractivity contribution in [3.63, 3.8) is 0 Å². The average molecular weight is 1200 g/mol. The molecule has 0 saturated carbocycles. The Balaban J connectivity index is 5.23. The first-order chi connectivity index (χ1) is 39.0. The summed E-state index contributed by atoms with van der Waals surface area (Å²) in [5.41, 5.74) is 0. The Bertz CT molecular complexity index is 1580. The summed E-state index contributed by atoms with van der Waals surface area (Å²) in [6, 6.07) is 0. The number of aliphatic hydroxyl groups is 1. The molecular weight excluding hydrogens is 1080 g/mol. The van der Waals surface area contributed by atoms with Crippen LogP contribution in [-0.4, -0.2) is 96.7 Å². The van der Waals surface area contributed by atoms with Gasteiger partial charge in [-0.15, -0.1) is 0 Å². The Labute approximate surface area is 492 Å². The maximum Gasteiger partial charge on any atom is 0.472 e. The molecule has 0 aromatic heterocycles. The molecular formula is C62H120O17P2. The van der Waals surface area contributed by atoms with Crippen LogP contribution < -0.4 is 0 Å². The molecule has 0 aliphatic carbocycles. The van der Waals surface area contributed by atoms with Gasteiger partial charge in [0.2, 0.25) is 0 Å². The zero-order valence-electron chi connectivity index (χ0n) is 51.9. The van der Waals surface area contributed by atoms with Gasteiger partial charge >= 0.3 is 39.5 Å². The molecule has 81 heavy (non-hydrogen) atoms. The fourth-order valence-corrected chi connectivity index (χ4v) is 10.8. The van der Waals surface area contributed by atoms with E-state index in [1.54, 1.807) is 0 Å². The summed E-state index contributed by atoms with van der Waals surface area (Å²) in [6.45, 7) is 7.11. The van der Waals surface area contributed by atoms with Crippen LogP contribution in [0.3, 0.4) is 0 Å². The van der Waals surface area contributed by atoms with Crippen LogP contribution >= 0.6 is 15.6 Å². The fraction of sp³-hybridized carbons (Fsp3) is 0.935. The van der Waals surface area contributed by atoms with Crippen molar-refractivity contribution in [1.29, 1.82) is 0 Å². The van der Waals surface area contributed by atoms with Gasteiger partial charge < -0.3 is 33.8 Å². The van der Waals surface area contributed by atoms with Crippen molar-refractivity contribution in [3.05, 3.63) is 0 Å². The number of hydrogen-bond acceptors (Lipinski definition) is 15. The highest BCUT2D eigenvalue weighted by Crippen LogP contribution is 2.45. The van der Waals surface area contributed by atoms with Crippen LogP contribution in [0.1, 0.15) is 311 Å². The summed E-state index contributed by atoms with van der Waals surface area (Å²) in [7, 11) is -9.88. The van der Waals surface area contributed by atoms with Crippen molar-refractivity contribution in [1.82, 2.24) is 0 Å². The smallest absolute Gasteiger partial charge is 0.462 e. The third-order valence-corrected chi connectivity index (χ3v) is 16.2. The average Bonchev–Trinajstić information content (AvgIpc) is 3.43. The maximum absolute atomic E-state index is 12.9. The predicted molar refractivity (Wildman–Crippen MR) is 322 cm³/mol. The Morgan fingerprint density at radius 1 is 0.333 bits per heavy atom. The van der Waals surface area contributed by atoms with Crippen LogP contribution in [0.4, 0.5) is 0 Å². The van der Waals surface area contributed by atoms with Crippen molar-refractivity contribution in [2.45, 2.75) is 329 Å². The number of carbonyl (C=O) groups excluding carboxylic acids is 4. The fourth-order valence-electron chi connectivity index (χ4n) is 9.23. The minimum absolute atomic E-state index is 0.105. The molecule has 0 fully saturated rings. The molecule has 0 aliphatic heterocycles. The number of esters is 4. The van der Waals surface area contributed by atoms with Crippen molar-refractivity contribution < 1.29 is 80.2 Å². The highest BCUT2D eigenvalue weighted by atomic mass is 31.2. The topological polar surface area (TPSA) is 237 Å². The number of hydrogen-bond donors (Lipinski definition) is 3. The van der Waals surface area contributed by atoms with E-state index in [4.69, 9.17) is 37.0 Å². The van der Waals surface area contributed by atoms with Gasteiger partial charge in [-0.1, -0.05) is 259 Å². The second kappa shape index (κ2) is 55.9. The van der Waals surface area contributed by atoms with Crippen LogP contribution in [-0.2, 0) is 65.4 Å². The van der Waals surface area contributed by atoms with Crippen LogP contribution in [0.15, 0.2) is 0 Å². The van der Waals surface area contributed by atoms with Gasteiger partial charge in [-0.25, -0.2) is 9.13 Å². The summed E-state index contributed by atoms with van der Waals surface area (Å²) in [4.78, 5) is 72.0. The number of aliphatic hydroxyl groups excluding tert-OH is 1. The van der Waals surface area contributed by atoms with Gasteiger partial charge in [-0.3, -0.25) is 37.3 Å². The molecule has 2 unspecified atom stereocenters. The van der Waals surface area contributed by atoms with Crippen LogP contribution in [0, 0.1) is 5.92 Å². The summed E-state index contributed by atoms with van der Waals surface area (Å²) in [5.74, 6) is -1.42. The number of phosphoric acid groups is 2. The van der Waals surface area contributed by atoms with Gasteiger partial charge in [0.1, 0.15) is 19.3 Å². The maximum atomic E-state index is 12.9. The molecule has 480 valence electrons. The van der Waals surface area contributed by atoms with E-state index in [-0.39, 0.29) is 25.7 Å². The Kier molecular flexibility index (Phi) is 54.6. The molecule has 17 nitrogen and oxygen atoms in total. The minimum atomic E-state index is -4.94. The monoisotopic (exact) mass is 1200 g/mol. The van der Waals surface area contributed by atoms with Gasteiger partial charge in [0.15, 0.2) is 12.2 Å². The van der Waals surface area contributed by atoms with Gasteiger partial charge in [0.05, 0.1) is 26.4 Å². The van der Waals surface area contributed by atoms with E-state index in [2.05, 4.69) is 34.6 Å². The first-order valence-electron chi connectivity index (χ1n) is 32.6. The van der Waals surface area contributed by atoms with Gasteiger partial charge in [0.25, 0.3) is 0 Å². The van der Waals surface area contributed by atoms with Gasteiger partial charge in [-0.2, -0.15) is 0 Å². The highest BCUT2D eigenvalue weighted by molar-refractivity contribution is 7.47. The SMILES string of the molecule is CCCCCCCCCCCCCC(=O)OC[C@H](COP(=O)(O)OC[C@@H](O)COP(=O)(O)OC[C@@H](COC(=O)CCCCCCCCCCC)OC(=O)CCCCCCCCCCCC)OC(=O)CCCCCCCCCCC(C)C. The van der Waals surface area contributed by atoms with Crippen molar-refractivity contribution in [2.24, 2.45) is 5.92 Å². The highest BCUT2D eigenvalue weighted by Gasteiger charge is 2.30. The minimum Gasteiger partial charge on any atom is -0.462 e. The molecule has 0 aromatic carbocycles. The standard InChI is InChI=1S/C62H120O17P2/c1-6-9-12-15-18-21-23-26-31-36-41-46-60(65)73-52-58(79-62(67)48-43-38-33-28-27-29-34-39-44-55(4)5)54-77-81(70,71)75-50-56(63)49-74-80(68,69)76-53-57(51-72-59(64)45-40-35-30-24-20-17-14-11-8-3)78-61(66)47-42-37-32-25-22-19-16-13-10-7-2/h55-58,63H,6-54H2,1-5H3,(H,68,69)(H,70,71)/t56-,57+,58+/m0/s1. The second-order valence-corrected chi connectivity index (χ2v) is 25.8. The van der Waals surface area contributed by atoms with Crippen molar-refractivity contribution in [3.8, 4) is 0 Å². The third kappa shape index (κ3) is 56.9. The molecule has 0 aromatic rings. The van der Waals surface area contributed by atoms with Gasteiger partial charge in [-0.05, 0) is 31.6 Å². The summed E-state index contributed by atoms with van der Waals surface area (Å²) in [5, 5.41) is 10.5. The lowest BCUT2D eigenvalue weighted by Crippen LogP contribution is -2.30. The molecule has 0 rings (SSSR count). The Morgan fingerprint density at radius 3 is 0.840 bits per heavy atom. The normalized spacial score (nSPS) is 14.3. The molecule has 0 amide bonds. The lowest BCUT2D eigenvalue weighted by molar-refractivity contribution is -0.161. The largest absolute Gasteiger partial charge is 0.472 e. The summed E-state index contributed by atoms with van der Waals surface area (Å²) < 4.78 is 67.9. The summed E-state index contributed by atoms with van der Waals surface area (Å²) >= 11 is 0. The number of rotatable bonds is 62. The summed E-state index contributed by atoms with van der Waals surface area (Å²) in [6.07, 6.45) is 38.9. The molecule has 3 N–H and O–H groups in total. The van der Waals surface area contributed by atoms with E-state index in [1.165, 1.54) is 135 Å². The van der Waals surface area contributed by atoms with E-state index < -0.39 is 97.5 Å². The molecule has 0 spiro atoms. The van der Waals surface area contributed by atoms with E-state index in [9.17, 15) is 43.2 Å². The van der Waals surface area contributed by atoms with Gasteiger partial charge in [0, 0.05) is 25.7 Å². The van der Waals surface area contributed by atoms with Crippen LogP contribution in [0.5, 0.6) is 0 Å². The molecule has 0 bridgehead atoms. The second-order valence-electron chi connectivity index (χ2n) is 22.9. The first kappa shape index (κ1) is 79.1. The number of ether oxygens (including phenoxy) is 4. The molecule has 5 atom stereocenters. The van der Waals surface area contributed by atoms with E-state index in [1.807, 2.05) is 0 Å². The Hall–Kier alpha value is -1.94. The molecule has 19 heteroatoms. The zero-order chi connectivity index (χ0) is 59.9. The number of phosphoric ester groups is 2. The van der Waals surface area contributed by atoms with Crippen LogP contribution in [0.2, 0.25) is 0 Å². The quantitative estimate of drug-likeness (QED) is 0.0222.